The number of rotatable bonds is 4. The smallest absolute Gasteiger partial charge is 0.323 e. The highest BCUT2D eigenvalue weighted by Gasteiger charge is 2.25. The Hall–Kier alpha value is -2.29. The second kappa shape index (κ2) is 7.94. The van der Waals surface area contributed by atoms with Gasteiger partial charge in [0.05, 0.1) is 7.11 Å². The minimum Gasteiger partial charge on any atom is -0.497 e. The minimum atomic E-state index is -0.589. The van der Waals surface area contributed by atoms with Crippen LogP contribution in [-0.2, 0) is 6.42 Å². The fourth-order valence-electron chi connectivity index (χ4n) is 3.04. The monoisotopic (exact) mass is 382 g/mol. The van der Waals surface area contributed by atoms with Crippen molar-refractivity contribution in [3.8, 4) is 5.75 Å². The zero-order chi connectivity index (χ0) is 18.7. The number of hydrogen-bond donors (Lipinski definition) is 1. The van der Waals surface area contributed by atoms with Crippen molar-refractivity contribution in [2.24, 2.45) is 5.92 Å². The predicted octanol–water partition coefficient (Wildman–Crippen LogP) is 3.62. The highest BCUT2D eigenvalue weighted by Crippen LogP contribution is 2.27. The number of nitrogens with zero attached hydrogens (tertiary/aromatic N) is 3. The van der Waals surface area contributed by atoms with E-state index >= 15 is 0 Å². The zero-order valence-corrected chi connectivity index (χ0v) is 15.4. The van der Waals surface area contributed by atoms with Crippen molar-refractivity contribution in [1.82, 2.24) is 14.3 Å². The Balaban J connectivity index is 1.55. The first-order valence-corrected chi connectivity index (χ1v) is 9.11. The molecule has 3 rings (SSSR count). The number of urea groups is 1. The predicted molar refractivity (Wildman–Crippen MR) is 94.6 cm³/mol. The van der Waals surface area contributed by atoms with E-state index in [-0.39, 0.29) is 23.3 Å². The molecule has 0 radical (unpaired) electrons. The van der Waals surface area contributed by atoms with E-state index in [1.165, 1.54) is 19.2 Å². The number of piperidine rings is 1. The summed E-state index contributed by atoms with van der Waals surface area (Å²) in [5.74, 6) is -0.266. The van der Waals surface area contributed by atoms with Crippen molar-refractivity contribution in [1.29, 1.82) is 0 Å². The molecule has 0 saturated carbocycles. The summed E-state index contributed by atoms with van der Waals surface area (Å²) in [6.07, 6.45) is 1.69. The standard InChI is InChI=1S/C17H20F2N4O2S/c1-10-20-16(26-22-10)21-17(24)23-5-3-11(4-6-23)7-13-14(18)8-12(25-2)9-15(13)19/h8-9,11H,3-7H2,1-2H3,(H,20,21,22,24). The molecule has 140 valence electrons. The van der Waals surface area contributed by atoms with Crippen molar-refractivity contribution in [3.05, 3.63) is 35.2 Å². The van der Waals surface area contributed by atoms with E-state index in [4.69, 9.17) is 4.74 Å². The highest BCUT2D eigenvalue weighted by molar-refractivity contribution is 7.09. The van der Waals surface area contributed by atoms with E-state index in [0.29, 0.717) is 43.3 Å². The van der Waals surface area contributed by atoms with Gasteiger partial charge in [0.1, 0.15) is 23.2 Å². The number of anilines is 1. The maximum Gasteiger partial charge on any atom is 0.323 e. The van der Waals surface area contributed by atoms with Crippen LogP contribution in [0.3, 0.4) is 0 Å². The van der Waals surface area contributed by atoms with E-state index in [9.17, 15) is 13.6 Å². The molecule has 26 heavy (non-hydrogen) atoms. The van der Waals surface area contributed by atoms with Crippen molar-refractivity contribution < 1.29 is 18.3 Å². The van der Waals surface area contributed by atoms with Gasteiger partial charge in [-0.25, -0.2) is 18.6 Å². The molecule has 0 aliphatic carbocycles. The second-order valence-electron chi connectivity index (χ2n) is 6.28. The molecule has 1 aliphatic rings. The summed E-state index contributed by atoms with van der Waals surface area (Å²) in [5, 5.41) is 3.20. The quantitative estimate of drug-likeness (QED) is 0.877. The number of halogens is 2. The van der Waals surface area contributed by atoms with Crippen LogP contribution < -0.4 is 10.1 Å². The number of carbonyl (C=O) groups is 1. The lowest BCUT2D eigenvalue weighted by atomic mass is 9.90. The van der Waals surface area contributed by atoms with Gasteiger partial charge in [-0.3, -0.25) is 5.32 Å². The Morgan fingerprint density at radius 2 is 2.00 bits per heavy atom. The third-order valence-corrected chi connectivity index (χ3v) is 5.21. The lowest BCUT2D eigenvalue weighted by molar-refractivity contribution is 0.182. The van der Waals surface area contributed by atoms with Gasteiger partial charge in [-0.1, -0.05) is 0 Å². The van der Waals surface area contributed by atoms with Gasteiger partial charge in [-0.15, -0.1) is 0 Å². The van der Waals surface area contributed by atoms with Crippen molar-refractivity contribution in [3.63, 3.8) is 0 Å². The molecule has 0 atom stereocenters. The Morgan fingerprint density at radius 1 is 1.35 bits per heavy atom. The Bertz CT molecular complexity index is 768. The average molecular weight is 382 g/mol. The number of likely N-dealkylation sites (tertiary alicyclic amines) is 1. The summed E-state index contributed by atoms with van der Waals surface area (Å²) in [6, 6.07) is 2.18. The molecule has 2 aromatic rings. The number of nitrogens with one attached hydrogen (secondary N) is 1. The molecular weight excluding hydrogens is 362 g/mol. The SMILES string of the molecule is COc1cc(F)c(CC2CCN(C(=O)Nc3nc(C)ns3)CC2)c(F)c1. The first-order valence-electron chi connectivity index (χ1n) is 8.34. The number of methoxy groups -OCH3 is 1. The molecule has 2 heterocycles. The molecule has 6 nitrogen and oxygen atoms in total. The molecule has 0 bridgehead atoms. The molecule has 1 saturated heterocycles. The van der Waals surface area contributed by atoms with Crippen molar-refractivity contribution >= 4 is 22.7 Å². The van der Waals surface area contributed by atoms with E-state index in [1.54, 1.807) is 11.8 Å². The molecular formula is C17H20F2N4O2S. The summed E-state index contributed by atoms with van der Waals surface area (Å²) in [7, 11) is 1.37. The first-order chi connectivity index (χ1) is 12.5. The molecule has 0 spiro atoms. The molecule has 1 aromatic heterocycles. The lowest BCUT2D eigenvalue weighted by Gasteiger charge is -2.31. The van der Waals surface area contributed by atoms with Crippen LogP contribution in [-0.4, -0.2) is 40.5 Å². The Kier molecular flexibility index (Phi) is 5.65. The molecule has 2 amide bonds. The van der Waals surface area contributed by atoms with Crippen LogP contribution in [0, 0.1) is 24.5 Å². The Labute approximate surface area is 154 Å². The summed E-state index contributed by atoms with van der Waals surface area (Å²) in [5.41, 5.74) is 0.0815. The molecule has 0 unspecified atom stereocenters. The van der Waals surface area contributed by atoms with Crippen LogP contribution in [0.2, 0.25) is 0 Å². The van der Waals surface area contributed by atoms with Gasteiger partial charge in [0.15, 0.2) is 0 Å². The molecule has 1 aromatic carbocycles. The van der Waals surface area contributed by atoms with Gasteiger partial charge < -0.3 is 9.64 Å². The maximum atomic E-state index is 14.1. The number of benzene rings is 1. The third-order valence-electron chi connectivity index (χ3n) is 4.49. The topological polar surface area (TPSA) is 67.3 Å². The van der Waals surface area contributed by atoms with E-state index in [0.717, 1.165) is 11.5 Å². The van der Waals surface area contributed by atoms with Crippen molar-refractivity contribution in [2.75, 3.05) is 25.5 Å². The normalized spacial score (nSPS) is 15.2. The van der Waals surface area contributed by atoms with Gasteiger partial charge in [0, 0.05) is 42.3 Å². The highest BCUT2D eigenvalue weighted by atomic mass is 32.1. The van der Waals surface area contributed by atoms with Crippen LogP contribution in [0.25, 0.3) is 0 Å². The Morgan fingerprint density at radius 3 is 2.54 bits per heavy atom. The van der Waals surface area contributed by atoms with Crippen LogP contribution in [0.15, 0.2) is 12.1 Å². The summed E-state index contributed by atoms with van der Waals surface area (Å²) >= 11 is 1.14. The van der Waals surface area contributed by atoms with Gasteiger partial charge in [-0.2, -0.15) is 4.37 Å². The molecule has 1 aliphatic heterocycles. The fraction of sp³-hybridized carbons (Fsp3) is 0.471. The van der Waals surface area contributed by atoms with Gasteiger partial charge in [0.2, 0.25) is 5.13 Å². The molecule has 9 heteroatoms. The van der Waals surface area contributed by atoms with Crippen LogP contribution in [0.4, 0.5) is 18.7 Å². The summed E-state index contributed by atoms with van der Waals surface area (Å²) < 4.78 is 37.1. The summed E-state index contributed by atoms with van der Waals surface area (Å²) in [4.78, 5) is 18.0. The van der Waals surface area contributed by atoms with Gasteiger partial charge in [0.25, 0.3) is 0 Å². The number of hydrogen-bond acceptors (Lipinski definition) is 5. The molecule has 1 N–H and O–H groups in total. The summed E-state index contributed by atoms with van der Waals surface area (Å²) in [6.45, 7) is 2.83. The van der Waals surface area contributed by atoms with E-state index in [1.807, 2.05) is 0 Å². The van der Waals surface area contributed by atoms with Gasteiger partial charge in [-0.05, 0) is 32.1 Å². The largest absolute Gasteiger partial charge is 0.497 e. The minimum absolute atomic E-state index is 0.0815. The van der Waals surface area contributed by atoms with E-state index in [2.05, 4.69) is 14.7 Å². The van der Waals surface area contributed by atoms with Crippen LogP contribution in [0.1, 0.15) is 24.2 Å². The number of carbonyl (C=O) groups excluding carboxylic acids is 1. The third kappa shape index (κ3) is 4.27. The first kappa shape index (κ1) is 18.5. The molecule has 1 fully saturated rings. The maximum absolute atomic E-state index is 14.1. The lowest BCUT2D eigenvalue weighted by Crippen LogP contribution is -2.41. The number of aryl methyl sites for hydroxylation is 1. The number of aromatic nitrogens is 2. The fourth-order valence-corrected chi connectivity index (χ4v) is 3.61. The zero-order valence-electron chi connectivity index (χ0n) is 14.6. The number of amides is 2. The van der Waals surface area contributed by atoms with Crippen LogP contribution in [0.5, 0.6) is 5.75 Å². The van der Waals surface area contributed by atoms with Crippen LogP contribution >= 0.6 is 11.5 Å². The second-order valence-corrected chi connectivity index (χ2v) is 7.03. The van der Waals surface area contributed by atoms with Crippen molar-refractivity contribution in [2.45, 2.75) is 26.2 Å². The van der Waals surface area contributed by atoms with Gasteiger partial charge >= 0.3 is 6.03 Å². The average Bonchev–Trinajstić information content (AvgIpc) is 3.03. The van der Waals surface area contributed by atoms with E-state index < -0.39 is 11.6 Å². The number of ether oxygens (including phenoxy) is 1.